The molecule has 0 heterocycles. The maximum atomic E-state index is 9.50. The van der Waals surface area contributed by atoms with Gasteiger partial charge in [0, 0.05) is 11.9 Å². The topological polar surface area (TPSA) is 141 Å². The predicted molar refractivity (Wildman–Crippen MR) is 39.4 cm³/mol. The van der Waals surface area contributed by atoms with Crippen LogP contribution in [0.3, 0.4) is 0 Å². The van der Waals surface area contributed by atoms with E-state index in [0.29, 0.717) is 0 Å². The Hall–Kier alpha value is -1.18. The van der Waals surface area contributed by atoms with Crippen LogP contribution in [-0.4, -0.2) is 46.6 Å². The van der Waals surface area contributed by atoms with Crippen molar-refractivity contribution in [2.75, 3.05) is 13.2 Å². The van der Waals surface area contributed by atoms with Crippen molar-refractivity contribution in [1.82, 2.24) is 0 Å². The van der Waals surface area contributed by atoms with Gasteiger partial charge in [-0.05, 0) is 12.8 Å². The highest BCUT2D eigenvalue weighted by atomic mass is 16.4. The van der Waals surface area contributed by atoms with Gasteiger partial charge < -0.3 is 35.1 Å². The zero-order chi connectivity index (χ0) is 11.6. The molecule has 0 radical (unpaired) electrons. The van der Waals surface area contributed by atoms with Crippen molar-refractivity contribution in [2.24, 2.45) is 0 Å². The SMILES string of the molecule is O=C([O-])CCC(=O)[O-].OCC(O)CO. The van der Waals surface area contributed by atoms with Crippen molar-refractivity contribution in [3.63, 3.8) is 0 Å². The summed E-state index contributed by atoms with van der Waals surface area (Å²) in [6.45, 7) is -0.729. The van der Waals surface area contributed by atoms with Gasteiger partial charge in [0.15, 0.2) is 0 Å². The fourth-order valence-electron chi connectivity index (χ4n) is 0.262. The summed E-state index contributed by atoms with van der Waals surface area (Å²) in [5, 5.41) is 43.0. The number of carboxylic acids is 2. The molecule has 0 rings (SSSR count). The zero-order valence-corrected chi connectivity index (χ0v) is 7.38. The molecule has 0 spiro atoms. The number of hydrogen-bond acceptors (Lipinski definition) is 7. The van der Waals surface area contributed by atoms with Crippen LogP contribution in [0.1, 0.15) is 12.8 Å². The second-order valence-corrected chi connectivity index (χ2v) is 2.26. The van der Waals surface area contributed by atoms with Gasteiger partial charge >= 0.3 is 0 Å². The lowest BCUT2D eigenvalue weighted by Crippen LogP contribution is -2.27. The quantitative estimate of drug-likeness (QED) is 0.414. The third-order valence-electron chi connectivity index (χ3n) is 0.955. The average Bonchev–Trinajstić information content (AvgIpc) is 2.14. The van der Waals surface area contributed by atoms with E-state index in [-0.39, 0.29) is 13.2 Å². The molecule has 7 nitrogen and oxygen atoms in total. The molecule has 0 aliphatic rings. The summed E-state index contributed by atoms with van der Waals surface area (Å²) in [7, 11) is 0. The smallest absolute Gasteiger partial charge is 0.100 e. The zero-order valence-electron chi connectivity index (χ0n) is 7.38. The minimum atomic E-state index is -1.37. The van der Waals surface area contributed by atoms with E-state index in [1.54, 1.807) is 0 Å². The van der Waals surface area contributed by atoms with Crippen molar-refractivity contribution in [3.8, 4) is 0 Å². The number of aliphatic hydroxyl groups excluding tert-OH is 3. The van der Waals surface area contributed by atoms with E-state index in [9.17, 15) is 19.8 Å². The number of carbonyl (C=O) groups excluding carboxylic acids is 2. The standard InChI is InChI=1S/C4H6O4.C3H8O3/c5-3(6)1-2-4(7)8;4-1-3(6)2-5/h1-2H2,(H,5,6)(H,7,8);3-6H,1-2H2/p-2. The van der Waals surface area contributed by atoms with Crippen LogP contribution in [0.5, 0.6) is 0 Å². The number of carboxylic acid groups (broad SMARTS) is 2. The fourth-order valence-corrected chi connectivity index (χ4v) is 0.262. The number of aliphatic hydroxyl groups is 3. The molecule has 0 aliphatic carbocycles. The Labute approximate surface area is 80.2 Å². The lowest BCUT2D eigenvalue weighted by atomic mass is 10.3. The molecule has 0 unspecified atom stereocenters. The molecular formula is C7H12O7-2. The van der Waals surface area contributed by atoms with Crippen molar-refractivity contribution in [2.45, 2.75) is 18.9 Å². The highest BCUT2D eigenvalue weighted by molar-refractivity contribution is 5.72. The maximum Gasteiger partial charge on any atom is 0.100 e. The van der Waals surface area contributed by atoms with E-state index in [1.807, 2.05) is 0 Å². The highest BCUT2D eigenvalue weighted by Crippen LogP contribution is 1.81. The summed E-state index contributed by atoms with van der Waals surface area (Å²) in [5.74, 6) is -2.73. The lowest BCUT2D eigenvalue weighted by Gasteiger charge is -2.00. The highest BCUT2D eigenvalue weighted by Gasteiger charge is 1.93. The van der Waals surface area contributed by atoms with Crippen molar-refractivity contribution >= 4 is 11.9 Å². The Bertz CT molecular complexity index is 149. The Morgan fingerprint density at radius 2 is 1.29 bits per heavy atom. The molecule has 0 amide bonds. The molecule has 3 N–H and O–H groups in total. The fraction of sp³-hybridized carbons (Fsp3) is 0.714. The number of aliphatic carboxylic acids is 2. The number of hydrogen-bond donors (Lipinski definition) is 3. The molecule has 0 fully saturated rings. The van der Waals surface area contributed by atoms with E-state index in [2.05, 4.69) is 0 Å². The lowest BCUT2D eigenvalue weighted by molar-refractivity contribution is -0.315. The minimum Gasteiger partial charge on any atom is -0.550 e. The summed E-state index contributed by atoms with van der Waals surface area (Å²) in [6, 6.07) is 0. The minimum absolute atomic E-state index is 0.365. The van der Waals surface area contributed by atoms with Gasteiger partial charge in [-0.15, -0.1) is 0 Å². The van der Waals surface area contributed by atoms with Gasteiger partial charge in [0.05, 0.1) is 13.2 Å². The van der Waals surface area contributed by atoms with Gasteiger partial charge in [-0.25, -0.2) is 0 Å². The molecule has 14 heavy (non-hydrogen) atoms. The van der Waals surface area contributed by atoms with E-state index in [4.69, 9.17) is 15.3 Å². The Morgan fingerprint density at radius 1 is 1.00 bits per heavy atom. The predicted octanol–water partition coefficient (Wildman–Crippen LogP) is -4.40. The Morgan fingerprint density at radius 3 is 1.36 bits per heavy atom. The van der Waals surface area contributed by atoms with Gasteiger partial charge in [-0.1, -0.05) is 0 Å². The van der Waals surface area contributed by atoms with Crippen LogP contribution in [0, 0.1) is 0 Å². The normalized spacial score (nSPS) is 9.14. The van der Waals surface area contributed by atoms with Crippen molar-refractivity contribution < 1.29 is 35.1 Å². The summed E-state index contributed by atoms with van der Waals surface area (Å²) in [4.78, 5) is 19.0. The van der Waals surface area contributed by atoms with E-state index >= 15 is 0 Å². The molecule has 0 bridgehead atoms. The first-order chi connectivity index (χ1) is 6.43. The third-order valence-corrected chi connectivity index (χ3v) is 0.955. The number of carbonyl (C=O) groups is 2. The largest absolute Gasteiger partial charge is 0.550 e. The monoisotopic (exact) mass is 208 g/mol. The van der Waals surface area contributed by atoms with Crippen LogP contribution in [0.2, 0.25) is 0 Å². The van der Waals surface area contributed by atoms with Crippen LogP contribution >= 0.6 is 0 Å². The molecule has 0 aliphatic heterocycles. The first-order valence-corrected chi connectivity index (χ1v) is 3.73. The van der Waals surface area contributed by atoms with Crippen LogP contribution < -0.4 is 10.2 Å². The second-order valence-electron chi connectivity index (χ2n) is 2.26. The van der Waals surface area contributed by atoms with E-state index < -0.39 is 30.9 Å². The van der Waals surface area contributed by atoms with E-state index in [0.717, 1.165) is 0 Å². The summed E-state index contributed by atoms with van der Waals surface area (Å²) in [5.41, 5.74) is 0. The second kappa shape index (κ2) is 9.90. The summed E-state index contributed by atoms with van der Waals surface area (Å²) >= 11 is 0. The molecule has 0 aromatic heterocycles. The summed E-state index contributed by atoms with van der Waals surface area (Å²) < 4.78 is 0. The maximum absolute atomic E-state index is 9.50. The first-order valence-electron chi connectivity index (χ1n) is 3.73. The average molecular weight is 208 g/mol. The molecule has 0 saturated heterocycles. The van der Waals surface area contributed by atoms with Gasteiger partial charge in [-0.2, -0.15) is 0 Å². The third kappa shape index (κ3) is 17.1. The molecule has 0 aromatic carbocycles. The molecule has 0 atom stereocenters. The molecule has 0 saturated carbocycles. The van der Waals surface area contributed by atoms with Gasteiger partial charge in [0.25, 0.3) is 0 Å². The molecule has 0 aromatic rings. The molecule has 84 valence electrons. The van der Waals surface area contributed by atoms with Gasteiger partial charge in [-0.3, -0.25) is 0 Å². The van der Waals surface area contributed by atoms with E-state index in [1.165, 1.54) is 0 Å². The van der Waals surface area contributed by atoms with Crippen molar-refractivity contribution in [3.05, 3.63) is 0 Å². The van der Waals surface area contributed by atoms with Crippen LogP contribution in [0.4, 0.5) is 0 Å². The Kier molecular flexibility index (Phi) is 10.8. The Balaban J connectivity index is 0. The summed E-state index contributed by atoms with van der Waals surface area (Å²) in [6.07, 6.45) is -1.89. The van der Waals surface area contributed by atoms with Gasteiger partial charge in [0.1, 0.15) is 6.10 Å². The number of rotatable bonds is 5. The first kappa shape index (κ1) is 15.3. The van der Waals surface area contributed by atoms with Crippen LogP contribution in [0.15, 0.2) is 0 Å². The molecular weight excluding hydrogens is 196 g/mol. The van der Waals surface area contributed by atoms with Crippen LogP contribution in [-0.2, 0) is 9.59 Å². The molecule has 7 heteroatoms. The van der Waals surface area contributed by atoms with Crippen molar-refractivity contribution in [1.29, 1.82) is 0 Å². The van der Waals surface area contributed by atoms with Gasteiger partial charge in [0.2, 0.25) is 0 Å². The van der Waals surface area contributed by atoms with Crippen LogP contribution in [0.25, 0.3) is 0 Å².